The molecule has 0 saturated carbocycles. The van der Waals surface area contributed by atoms with E-state index >= 15 is 0 Å². The number of nitrogens with zero attached hydrogens (tertiary/aromatic N) is 2. The van der Waals surface area contributed by atoms with E-state index in [2.05, 4.69) is 5.32 Å². The maximum atomic E-state index is 14.0. The van der Waals surface area contributed by atoms with E-state index in [1.54, 1.807) is 54.6 Å². The van der Waals surface area contributed by atoms with Gasteiger partial charge in [0, 0.05) is 13.6 Å². The van der Waals surface area contributed by atoms with Gasteiger partial charge in [-0.15, -0.1) is 0 Å². The molecule has 0 spiro atoms. The van der Waals surface area contributed by atoms with Gasteiger partial charge in [-0.3, -0.25) is 14.5 Å². The summed E-state index contributed by atoms with van der Waals surface area (Å²) in [6.45, 7) is -0.340. The third-order valence-electron chi connectivity index (χ3n) is 5.87. The van der Waals surface area contributed by atoms with Crippen molar-refractivity contribution in [2.24, 2.45) is 0 Å². The predicted molar refractivity (Wildman–Crippen MR) is 123 cm³/mol. The number of carbonyl (C=O) groups is 3. The number of methoxy groups -OCH3 is 1. The van der Waals surface area contributed by atoms with Crippen LogP contribution in [0.4, 0.5) is 9.18 Å². The Kier molecular flexibility index (Phi) is 6.32. The van der Waals surface area contributed by atoms with Crippen LogP contribution in [0.2, 0.25) is 0 Å². The number of rotatable bonds is 7. The van der Waals surface area contributed by atoms with E-state index in [0.29, 0.717) is 16.7 Å². The van der Waals surface area contributed by atoms with Crippen LogP contribution in [0.5, 0.6) is 5.75 Å². The SMILES string of the molecule is COc1ccc(CN(C)C(=O)CN2C(=O)NC(c3ccccc3)(c3ccccc3)C2=O)cc1F. The van der Waals surface area contributed by atoms with E-state index < -0.39 is 35.7 Å². The standard InChI is InChI=1S/C26H24FN3O4/c1-29(16-18-13-14-22(34-2)21(27)15-18)23(31)17-30-24(32)26(28-25(30)33,19-9-5-3-6-10-19)20-11-7-4-8-12-20/h3-15H,16-17H2,1-2H3,(H,28,33). The number of urea groups is 1. The molecule has 1 aliphatic rings. The number of hydrogen-bond donors (Lipinski definition) is 1. The second-order valence-corrected chi connectivity index (χ2v) is 8.02. The summed E-state index contributed by atoms with van der Waals surface area (Å²) in [5.41, 5.74) is 0.305. The summed E-state index contributed by atoms with van der Waals surface area (Å²) in [5, 5.41) is 2.82. The highest BCUT2D eigenvalue weighted by atomic mass is 19.1. The summed E-state index contributed by atoms with van der Waals surface area (Å²) in [6, 6.07) is 21.6. The zero-order valence-corrected chi connectivity index (χ0v) is 18.8. The fraction of sp³-hybridized carbons (Fsp3) is 0.192. The van der Waals surface area contributed by atoms with Crippen molar-refractivity contribution < 1.29 is 23.5 Å². The number of amides is 4. The normalized spacial score (nSPS) is 14.6. The van der Waals surface area contributed by atoms with Crippen LogP contribution in [0.25, 0.3) is 0 Å². The Morgan fingerprint density at radius 3 is 2.12 bits per heavy atom. The number of nitrogens with one attached hydrogen (secondary N) is 1. The molecule has 4 amide bonds. The summed E-state index contributed by atoms with van der Waals surface area (Å²) in [7, 11) is 2.90. The summed E-state index contributed by atoms with van der Waals surface area (Å²) in [6.07, 6.45) is 0. The molecule has 0 atom stereocenters. The van der Waals surface area contributed by atoms with Crippen molar-refractivity contribution in [3.63, 3.8) is 0 Å². The van der Waals surface area contributed by atoms with E-state index in [1.807, 2.05) is 12.1 Å². The number of ether oxygens (including phenoxy) is 1. The molecule has 3 aromatic rings. The van der Waals surface area contributed by atoms with Gasteiger partial charge in [-0.05, 0) is 28.8 Å². The van der Waals surface area contributed by atoms with Gasteiger partial charge < -0.3 is 15.0 Å². The average molecular weight is 461 g/mol. The highest BCUT2D eigenvalue weighted by molar-refractivity contribution is 6.11. The molecule has 1 saturated heterocycles. The highest BCUT2D eigenvalue weighted by Gasteiger charge is 2.54. The molecule has 174 valence electrons. The molecule has 0 bridgehead atoms. The lowest BCUT2D eigenvalue weighted by molar-refractivity contribution is -0.138. The first kappa shape index (κ1) is 23.0. The van der Waals surface area contributed by atoms with E-state index in [4.69, 9.17) is 4.74 Å². The molecule has 0 aromatic heterocycles. The van der Waals surface area contributed by atoms with Gasteiger partial charge in [0.05, 0.1) is 7.11 Å². The van der Waals surface area contributed by atoms with Crippen LogP contribution in [0.1, 0.15) is 16.7 Å². The lowest BCUT2D eigenvalue weighted by Gasteiger charge is -2.28. The van der Waals surface area contributed by atoms with E-state index in [1.165, 1.54) is 31.2 Å². The Bertz CT molecular complexity index is 1180. The minimum atomic E-state index is -1.43. The van der Waals surface area contributed by atoms with Crippen molar-refractivity contribution in [1.29, 1.82) is 0 Å². The predicted octanol–water partition coefficient (Wildman–Crippen LogP) is 3.29. The number of hydrogen-bond acceptors (Lipinski definition) is 4. The van der Waals surface area contributed by atoms with Crippen molar-refractivity contribution >= 4 is 17.8 Å². The first-order valence-corrected chi connectivity index (χ1v) is 10.7. The number of imide groups is 1. The molecule has 3 aromatic carbocycles. The summed E-state index contributed by atoms with van der Waals surface area (Å²) < 4.78 is 18.9. The van der Waals surface area contributed by atoms with Crippen molar-refractivity contribution in [2.75, 3.05) is 20.7 Å². The minimum Gasteiger partial charge on any atom is -0.494 e. The summed E-state index contributed by atoms with van der Waals surface area (Å²) >= 11 is 0. The number of halogens is 1. The molecule has 1 fully saturated rings. The smallest absolute Gasteiger partial charge is 0.326 e. The Morgan fingerprint density at radius 2 is 1.59 bits per heavy atom. The minimum absolute atomic E-state index is 0.103. The molecule has 1 aliphatic heterocycles. The Labute approximate surface area is 196 Å². The Balaban J connectivity index is 1.57. The van der Waals surface area contributed by atoms with Gasteiger partial charge >= 0.3 is 6.03 Å². The van der Waals surface area contributed by atoms with E-state index in [9.17, 15) is 18.8 Å². The molecule has 0 unspecified atom stereocenters. The average Bonchev–Trinajstić information content (AvgIpc) is 3.11. The van der Waals surface area contributed by atoms with Crippen LogP contribution in [0, 0.1) is 5.82 Å². The first-order valence-electron chi connectivity index (χ1n) is 10.7. The third kappa shape index (κ3) is 4.10. The molecule has 1 heterocycles. The molecule has 1 N–H and O–H groups in total. The summed E-state index contributed by atoms with van der Waals surface area (Å²) in [5.74, 6) is -1.43. The number of likely N-dealkylation sites (N-methyl/N-ethyl adjacent to an activating group) is 1. The second-order valence-electron chi connectivity index (χ2n) is 8.02. The largest absolute Gasteiger partial charge is 0.494 e. The van der Waals surface area contributed by atoms with Gasteiger partial charge in [-0.2, -0.15) is 0 Å². The molecule has 7 nitrogen and oxygen atoms in total. The third-order valence-corrected chi connectivity index (χ3v) is 5.87. The zero-order valence-electron chi connectivity index (χ0n) is 18.8. The van der Waals surface area contributed by atoms with Gasteiger partial charge in [0.1, 0.15) is 6.54 Å². The van der Waals surface area contributed by atoms with Crippen LogP contribution in [-0.4, -0.2) is 48.3 Å². The lowest BCUT2D eigenvalue weighted by atomic mass is 9.82. The molecular weight excluding hydrogens is 437 g/mol. The van der Waals surface area contributed by atoms with Crippen LogP contribution in [0.3, 0.4) is 0 Å². The first-order chi connectivity index (χ1) is 16.4. The fourth-order valence-electron chi connectivity index (χ4n) is 4.08. The van der Waals surface area contributed by atoms with Gasteiger partial charge in [0.15, 0.2) is 17.1 Å². The zero-order chi connectivity index (χ0) is 24.3. The van der Waals surface area contributed by atoms with Crippen LogP contribution >= 0.6 is 0 Å². The Morgan fingerprint density at radius 1 is 1.00 bits per heavy atom. The lowest BCUT2D eigenvalue weighted by Crippen LogP contribution is -2.46. The maximum Gasteiger partial charge on any atom is 0.326 e. The van der Waals surface area contributed by atoms with Gasteiger partial charge in [-0.1, -0.05) is 66.7 Å². The quantitative estimate of drug-likeness (QED) is 0.548. The topological polar surface area (TPSA) is 79.0 Å². The fourth-order valence-corrected chi connectivity index (χ4v) is 4.08. The van der Waals surface area contributed by atoms with Crippen LogP contribution < -0.4 is 10.1 Å². The number of carbonyl (C=O) groups excluding carboxylic acids is 3. The molecule has 0 radical (unpaired) electrons. The molecular formula is C26H24FN3O4. The van der Waals surface area contributed by atoms with Crippen LogP contribution in [0.15, 0.2) is 78.9 Å². The number of benzene rings is 3. The van der Waals surface area contributed by atoms with Crippen molar-refractivity contribution in [1.82, 2.24) is 15.1 Å². The second kappa shape index (κ2) is 9.35. The van der Waals surface area contributed by atoms with Gasteiger partial charge in [0.25, 0.3) is 5.91 Å². The van der Waals surface area contributed by atoms with Crippen LogP contribution in [-0.2, 0) is 21.7 Å². The Hall–Kier alpha value is -4.20. The molecule has 4 rings (SSSR count). The van der Waals surface area contributed by atoms with E-state index in [0.717, 1.165) is 4.90 Å². The maximum absolute atomic E-state index is 14.0. The van der Waals surface area contributed by atoms with E-state index in [-0.39, 0.29) is 12.3 Å². The molecule has 0 aliphatic carbocycles. The van der Waals surface area contributed by atoms with Gasteiger partial charge in [0.2, 0.25) is 5.91 Å². The van der Waals surface area contributed by atoms with Gasteiger partial charge in [-0.25, -0.2) is 9.18 Å². The molecule has 8 heteroatoms. The van der Waals surface area contributed by atoms with Crippen molar-refractivity contribution in [3.05, 3.63) is 101 Å². The monoisotopic (exact) mass is 461 g/mol. The van der Waals surface area contributed by atoms with Crippen molar-refractivity contribution in [2.45, 2.75) is 12.1 Å². The highest BCUT2D eigenvalue weighted by Crippen LogP contribution is 2.36. The van der Waals surface area contributed by atoms with Crippen molar-refractivity contribution in [3.8, 4) is 5.75 Å². The summed E-state index contributed by atoms with van der Waals surface area (Å²) in [4.78, 5) is 41.8. The molecule has 34 heavy (non-hydrogen) atoms.